The first kappa shape index (κ1) is 21.4. The summed E-state index contributed by atoms with van der Waals surface area (Å²) >= 11 is 0. The average Bonchev–Trinajstić information content (AvgIpc) is 2.64. The lowest BCUT2D eigenvalue weighted by molar-refractivity contribution is -0.137. The van der Waals surface area contributed by atoms with E-state index in [1.54, 1.807) is 4.90 Å². The Kier molecular flexibility index (Phi) is 7.38. The fourth-order valence-corrected chi connectivity index (χ4v) is 4.37. The minimum absolute atomic E-state index is 0.0349. The minimum atomic E-state index is -3.59. The molecule has 8 heteroatoms. The second-order valence-corrected chi connectivity index (χ2v) is 9.12. The van der Waals surface area contributed by atoms with Gasteiger partial charge in [-0.3, -0.25) is 9.59 Å². The zero-order chi connectivity index (χ0) is 20.0. The van der Waals surface area contributed by atoms with Gasteiger partial charge in [-0.15, -0.1) is 0 Å². The third-order valence-electron chi connectivity index (χ3n) is 4.67. The number of carbonyl (C=O) groups is 2. The van der Waals surface area contributed by atoms with Crippen LogP contribution in [0.3, 0.4) is 0 Å². The van der Waals surface area contributed by atoms with Gasteiger partial charge in [-0.2, -0.15) is 0 Å². The molecular weight excluding hydrogens is 368 g/mol. The molecule has 2 rings (SSSR count). The summed E-state index contributed by atoms with van der Waals surface area (Å²) in [7, 11) is -3.59. The van der Waals surface area contributed by atoms with E-state index in [2.05, 4.69) is 4.72 Å². The molecule has 1 heterocycles. The number of amides is 1. The van der Waals surface area contributed by atoms with E-state index in [-0.39, 0.29) is 29.2 Å². The van der Waals surface area contributed by atoms with Crippen LogP contribution in [0.25, 0.3) is 0 Å². The number of hydrogen-bond acceptors (Lipinski definition) is 4. The van der Waals surface area contributed by atoms with Gasteiger partial charge in [0, 0.05) is 31.1 Å². The Bertz CT molecular complexity index is 759. The number of sulfonamides is 1. The molecular formula is C19H28N2O5S. The molecule has 0 aromatic heterocycles. The number of carboxylic acids is 1. The number of carboxylic acid groups (broad SMARTS) is 1. The number of aliphatic carboxylic acids is 1. The van der Waals surface area contributed by atoms with E-state index < -0.39 is 16.0 Å². The predicted octanol–water partition coefficient (Wildman–Crippen LogP) is 2.48. The highest BCUT2D eigenvalue weighted by atomic mass is 32.2. The predicted molar refractivity (Wildman–Crippen MR) is 102 cm³/mol. The largest absolute Gasteiger partial charge is 0.481 e. The van der Waals surface area contributed by atoms with E-state index in [0.29, 0.717) is 25.1 Å². The molecule has 0 saturated carbocycles. The molecule has 27 heavy (non-hydrogen) atoms. The standard InChI is InChI=1S/C19H28N2O5S/c1-14(2)13-20-27(25,26)17-9-6-15(7-10-17)19(24)21-12-4-3-5-16(21)8-11-18(22)23/h6-7,9-10,14,16,20H,3-5,8,11-13H2,1-2H3,(H,22,23). The first-order chi connectivity index (χ1) is 12.7. The van der Waals surface area contributed by atoms with Gasteiger partial charge in [-0.1, -0.05) is 13.8 Å². The van der Waals surface area contributed by atoms with Gasteiger partial charge in [-0.05, 0) is 55.9 Å². The molecule has 7 nitrogen and oxygen atoms in total. The molecule has 150 valence electrons. The van der Waals surface area contributed by atoms with Crippen LogP contribution in [-0.2, 0) is 14.8 Å². The molecule has 0 bridgehead atoms. The fourth-order valence-electron chi connectivity index (χ4n) is 3.16. The van der Waals surface area contributed by atoms with E-state index in [9.17, 15) is 18.0 Å². The van der Waals surface area contributed by atoms with Crippen molar-refractivity contribution in [2.45, 2.75) is 56.9 Å². The van der Waals surface area contributed by atoms with Crippen LogP contribution < -0.4 is 4.72 Å². The SMILES string of the molecule is CC(C)CNS(=O)(=O)c1ccc(C(=O)N2CCCCC2CCC(=O)O)cc1. The molecule has 1 aromatic rings. The van der Waals surface area contributed by atoms with E-state index in [1.165, 1.54) is 24.3 Å². The first-order valence-electron chi connectivity index (χ1n) is 9.33. The Morgan fingerprint density at radius 1 is 1.22 bits per heavy atom. The Morgan fingerprint density at radius 3 is 2.48 bits per heavy atom. The van der Waals surface area contributed by atoms with Crippen LogP contribution >= 0.6 is 0 Å². The van der Waals surface area contributed by atoms with E-state index in [4.69, 9.17) is 5.11 Å². The van der Waals surface area contributed by atoms with Crippen LogP contribution in [0.1, 0.15) is 56.3 Å². The highest BCUT2D eigenvalue weighted by Crippen LogP contribution is 2.23. The Morgan fingerprint density at radius 2 is 1.89 bits per heavy atom. The van der Waals surface area contributed by atoms with E-state index >= 15 is 0 Å². The quantitative estimate of drug-likeness (QED) is 0.702. The molecule has 2 N–H and O–H groups in total. The number of rotatable bonds is 8. The number of likely N-dealkylation sites (tertiary alicyclic amines) is 1. The summed E-state index contributed by atoms with van der Waals surface area (Å²) < 4.78 is 27.1. The lowest BCUT2D eigenvalue weighted by Crippen LogP contribution is -2.44. The fraction of sp³-hybridized carbons (Fsp3) is 0.579. The van der Waals surface area contributed by atoms with Crippen molar-refractivity contribution < 1.29 is 23.1 Å². The summed E-state index contributed by atoms with van der Waals surface area (Å²) in [5.41, 5.74) is 0.417. The molecule has 1 aromatic carbocycles. The van der Waals surface area contributed by atoms with Gasteiger partial charge < -0.3 is 10.0 Å². The average molecular weight is 397 g/mol. The van der Waals surface area contributed by atoms with Gasteiger partial charge in [0.2, 0.25) is 10.0 Å². The van der Waals surface area contributed by atoms with Crippen molar-refractivity contribution in [2.24, 2.45) is 5.92 Å². The van der Waals surface area contributed by atoms with Gasteiger partial charge in [-0.25, -0.2) is 13.1 Å². The van der Waals surface area contributed by atoms with Crippen LogP contribution in [-0.4, -0.2) is 49.4 Å². The molecule has 1 unspecified atom stereocenters. The van der Waals surface area contributed by atoms with Crippen molar-refractivity contribution in [1.29, 1.82) is 0 Å². The van der Waals surface area contributed by atoms with Crippen molar-refractivity contribution >= 4 is 21.9 Å². The van der Waals surface area contributed by atoms with Crippen LogP contribution in [0.15, 0.2) is 29.2 Å². The molecule has 1 aliphatic heterocycles. The zero-order valence-corrected chi connectivity index (χ0v) is 16.7. The zero-order valence-electron chi connectivity index (χ0n) is 15.8. The van der Waals surface area contributed by atoms with Crippen LogP contribution in [0.5, 0.6) is 0 Å². The lowest BCUT2D eigenvalue weighted by Gasteiger charge is -2.35. The number of nitrogens with zero attached hydrogens (tertiary/aromatic N) is 1. The topological polar surface area (TPSA) is 104 Å². The Labute approximate surface area is 160 Å². The molecule has 0 aliphatic carbocycles. The van der Waals surface area contributed by atoms with Crippen molar-refractivity contribution in [3.05, 3.63) is 29.8 Å². The maximum atomic E-state index is 12.8. The number of carbonyl (C=O) groups excluding carboxylic acids is 1. The summed E-state index contributed by atoms with van der Waals surface area (Å²) in [6, 6.07) is 5.83. The molecule has 1 aliphatic rings. The van der Waals surface area contributed by atoms with Crippen molar-refractivity contribution in [1.82, 2.24) is 9.62 Å². The molecule has 0 radical (unpaired) electrons. The lowest BCUT2D eigenvalue weighted by atomic mass is 9.97. The monoisotopic (exact) mass is 396 g/mol. The van der Waals surface area contributed by atoms with Gasteiger partial charge >= 0.3 is 5.97 Å². The van der Waals surface area contributed by atoms with Crippen LogP contribution in [0.4, 0.5) is 0 Å². The summed E-state index contributed by atoms with van der Waals surface area (Å²) in [5, 5.41) is 8.90. The van der Waals surface area contributed by atoms with Crippen LogP contribution in [0.2, 0.25) is 0 Å². The summed E-state index contributed by atoms with van der Waals surface area (Å²) in [5.74, 6) is -0.844. The van der Waals surface area contributed by atoms with Gasteiger partial charge in [0.25, 0.3) is 5.91 Å². The van der Waals surface area contributed by atoms with Crippen LogP contribution in [0, 0.1) is 5.92 Å². The third-order valence-corrected chi connectivity index (χ3v) is 6.11. The Hall–Kier alpha value is -1.93. The summed E-state index contributed by atoms with van der Waals surface area (Å²) in [6.07, 6.45) is 3.14. The second-order valence-electron chi connectivity index (χ2n) is 7.35. The van der Waals surface area contributed by atoms with Crippen molar-refractivity contribution in [2.75, 3.05) is 13.1 Å². The van der Waals surface area contributed by atoms with Crippen molar-refractivity contribution in [3.63, 3.8) is 0 Å². The maximum Gasteiger partial charge on any atom is 0.303 e. The molecule has 1 atom stereocenters. The normalized spacial score (nSPS) is 17.9. The van der Waals surface area contributed by atoms with Gasteiger partial charge in [0.1, 0.15) is 0 Å². The van der Waals surface area contributed by atoms with E-state index in [0.717, 1.165) is 19.3 Å². The number of piperidine rings is 1. The number of benzene rings is 1. The summed E-state index contributed by atoms with van der Waals surface area (Å²) in [6.45, 7) is 4.79. The molecule has 0 spiro atoms. The molecule has 1 fully saturated rings. The molecule has 1 amide bonds. The van der Waals surface area contributed by atoms with Crippen molar-refractivity contribution in [3.8, 4) is 0 Å². The Balaban J connectivity index is 2.10. The smallest absolute Gasteiger partial charge is 0.303 e. The second kappa shape index (κ2) is 9.32. The highest BCUT2D eigenvalue weighted by molar-refractivity contribution is 7.89. The first-order valence-corrected chi connectivity index (χ1v) is 10.8. The van der Waals surface area contributed by atoms with Gasteiger partial charge in [0.15, 0.2) is 0 Å². The molecule has 1 saturated heterocycles. The van der Waals surface area contributed by atoms with E-state index in [1.807, 2.05) is 13.8 Å². The maximum absolute atomic E-state index is 12.8. The summed E-state index contributed by atoms with van der Waals surface area (Å²) in [4.78, 5) is 25.5. The highest BCUT2D eigenvalue weighted by Gasteiger charge is 2.28. The third kappa shape index (κ3) is 6.04. The van der Waals surface area contributed by atoms with Gasteiger partial charge in [0.05, 0.1) is 4.90 Å². The number of nitrogens with one attached hydrogen (secondary N) is 1. The minimum Gasteiger partial charge on any atom is -0.481 e. The number of hydrogen-bond donors (Lipinski definition) is 2.